The Bertz CT molecular complexity index is 381. The van der Waals surface area contributed by atoms with Crippen molar-refractivity contribution in [1.29, 1.82) is 0 Å². The lowest BCUT2D eigenvalue weighted by molar-refractivity contribution is 0.217. The zero-order valence-electron chi connectivity index (χ0n) is 8.52. The summed E-state index contributed by atoms with van der Waals surface area (Å²) in [7, 11) is 0. The van der Waals surface area contributed by atoms with Crippen LogP contribution in [0.1, 0.15) is 41.9 Å². The fourth-order valence-corrected chi connectivity index (χ4v) is 3.10. The number of hydrogen-bond acceptors (Lipinski definition) is 0. The molecule has 2 atom stereocenters. The second-order valence-corrected chi connectivity index (χ2v) is 4.74. The SMILES string of the molecule is Cc1ccc(F)c2c1CC[C@H]1CC[C@@H]21. The topological polar surface area (TPSA) is 0 Å². The summed E-state index contributed by atoms with van der Waals surface area (Å²) in [6.45, 7) is 2.11. The molecule has 0 N–H and O–H groups in total. The van der Waals surface area contributed by atoms with Crippen LogP contribution in [0.2, 0.25) is 0 Å². The Kier molecular flexibility index (Phi) is 1.70. The average molecular weight is 190 g/mol. The lowest BCUT2D eigenvalue weighted by Crippen LogP contribution is -2.30. The lowest BCUT2D eigenvalue weighted by Gasteiger charge is -2.42. The van der Waals surface area contributed by atoms with Crippen LogP contribution in [0.4, 0.5) is 4.39 Å². The number of fused-ring (bicyclic) bond motifs is 3. The van der Waals surface area contributed by atoms with Gasteiger partial charge < -0.3 is 0 Å². The molecular formula is C13H15F. The molecule has 74 valence electrons. The van der Waals surface area contributed by atoms with Gasteiger partial charge in [-0.3, -0.25) is 0 Å². The molecule has 0 aromatic heterocycles. The summed E-state index contributed by atoms with van der Waals surface area (Å²) in [4.78, 5) is 0. The normalized spacial score (nSPS) is 29.0. The maximum absolute atomic E-state index is 13.7. The minimum Gasteiger partial charge on any atom is -0.207 e. The predicted octanol–water partition coefficient (Wildman–Crippen LogP) is 3.57. The van der Waals surface area contributed by atoms with E-state index in [1.165, 1.54) is 30.4 Å². The van der Waals surface area contributed by atoms with Crippen LogP contribution in [0.25, 0.3) is 0 Å². The maximum Gasteiger partial charge on any atom is 0.126 e. The fraction of sp³-hybridized carbons (Fsp3) is 0.538. The van der Waals surface area contributed by atoms with Crippen LogP contribution >= 0.6 is 0 Å². The molecule has 0 unspecified atom stereocenters. The molecule has 0 saturated heterocycles. The van der Waals surface area contributed by atoms with Crippen molar-refractivity contribution in [2.45, 2.75) is 38.5 Å². The molecule has 14 heavy (non-hydrogen) atoms. The van der Waals surface area contributed by atoms with Crippen LogP contribution in [0.5, 0.6) is 0 Å². The Morgan fingerprint density at radius 2 is 2.07 bits per heavy atom. The third-order valence-electron chi connectivity index (χ3n) is 4.09. The Morgan fingerprint density at radius 1 is 1.21 bits per heavy atom. The van der Waals surface area contributed by atoms with E-state index in [0.29, 0.717) is 5.92 Å². The maximum atomic E-state index is 13.7. The first-order valence-corrected chi connectivity index (χ1v) is 5.55. The van der Waals surface area contributed by atoms with Crippen LogP contribution in [-0.4, -0.2) is 0 Å². The van der Waals surface area contributed by atoms with Crippen molar-refractivity contribution in [1.82, 2.24) is 0 Å². The number of aryl methyl sites for hydroxylation is 1. The molecular weight excluding hydrogens is 175 g/mol. The largest absolute Gasteiger partial charge is 0.207 e. The minimum absolute atomic E-state index is 0.0417. The van der Waals surface area contributed by atoms with E-state index in [1.807, 2.05) is 6.07 Å². The van der Waals surface area contributed by atoms with Gasteiger partial charge in [-0.2, -0.15) is 0 Å². The van der Waals surface area contributed by atoms with Crippen molar-refractivity contribution in [2.75, 3.05) is 0 Å². The van der Waals surface area contributed by atoms with E-state index < -0.39 is 0 Å². The van der Waals surface area contributed by atoms with Crippen LogP contribution < -0.4 is 0 Å². The van der Waals surface area contributed by atoms with E-state index in [9.17, 15) is 4.39 Å². The van der Waals surface area contributed by atoms with Gasteiger partial charge in [-0.1, -0.05) is 6.07 Å². The first-order chi connectivity index (χ1) is 6.77. The summed E-state index contributed by atoms with van der Waals surface area (Å²) >= 11 is 0. The second-order valence-electron chi connectivity index (χ2n) is 4.74. The molecule has 2 aliphatic rings. The van der Waals surface area contributed by atoms with Crippen molar-refractivity contribution in [3.63, 3.8) is 0 Å². The van der Waals surface area contributed by atoms with Crippen molar-refractivity contribution >= 4 is 0 Å². The van der Waals surface area contributed by atoms with Gasteiger partial charge in [-0.25, -0.2) is 4.39 Å². The molecule has 0 heterocycles. The molecule has 1 fully saturated rings. The van der Waals surface area contributed by atoms with Gasteiger partial charge in [0.2, 0.25) is 0 Å². The van der Waals surface area contributed by atoms with Gasteiger partial charge in [0.05, 0.1) is 0 Å². The van der Waals surface area contributed by atoms with Gasteiger partial charge >= 0.3 is 0 Å². The second kappa shape index (κ2) is 2.82. The zero-order chi connectivity index (χ0) is 9.71. The quantitative estimate of drug-likeness (QED) is 0.586. The van der Waals surface area contributed by atoms with Gasteiger partial charge in [0.25, 0.3) is 0 Å². The Labute approximate surface area is 84.1 Å². The third-order valence-corrected chi connectivity index (χ3v) is 4.09. The van der Waals surface area contributed by atoms with Gasteiger partial charge in [0.15, 0.2) is 0 Å². The summed E-state index contributed by atoms with van der Waals surface area (Å²) in [5.41, 5.74) is 3.66. The van der Waals surface area contributed by atoms with Crippen molar-refractivity contribution in [3.8, 4) is 0 Å². The van der Waals surface area contributed by atoms with E-state index in [2.05, 4.69) is 6.92 Å². The highest BCUT2D eigenvalue weighted by Crippen LogP contribution is 2.50. The van der Waals surface area contributed by atoms with Gasteiger partial charge in [0.1, 0.15) is 5.82 Å². The molecule has 1 aromatic carbocycles. The Hall–Kier alpha value is -0.850. The highest BCUT2D eigenvalue weighted by molar-refractivity contribution is 5.41. The van der Waals surface area contributed by atoms with Gasteiger partial charge in [0, 0.05) is 0 Å². The molecule has 2 aliphatic carbocycles. The van der Waals surface area contributed by atoms with E-state index >= 15 is 0 Å². The summed E-state index contributed by atoms with van der Waals surface area (Å²) in [5.74, 6) is 1.39. The standard InChI is InChI=1S/C13H15F/c1-8-2-7-12(14)13-10(8)5-3-9-4-6-11(9)13/h2,7,9,11H,3-6H2,1H3/t9-,11+/m0/s1. The number of benzene rings is 1. The molecule has 0 nitrogen and oxygen atoms in total. The number of halogens is 1. The molecule has 3 rings (SSSR count). The monoisotopic (exact) mass is 190 g/mol. The smallest absolute Gasteiger partial charge is 0.126 e. The van der Waals surface area contributed by atoms with Crippen molar-refractivity contribution in [2.24, 2.45) is 5.92 Å². The summed E-state index contributed by atoms with van der Waals surface area (Å²) in [6, 6.07) is 3.57. The first-order valence-electron chi connectivity index (χ1n) is 5.55. The van der Waals surface area contributed by atoms with Crippen molar-refractivity contribution < 1.29 is 4.39 Å². The molecule has 0 radical (unpaired) electrons. The average Bonchev–Trinajstić information content (AvgIpc) is 2.13. The first kappa shape index (κ1) is 8.46. The zero-order valence-corrected chi connectivity index (χ0v) is 8.52. The number of rotatable bonds is 0. The van der Waals surface area contributed by atoms with E-state index in [4.69, 9.17) is 0 Å². The fourth-order valence-electron chi connectivity index (χ4n) is 3.10. The van der Waals surface area contributed by atoms with Crippen LogP contribution in [0, 0.1) is 18.7 Å². The Balaban J connectivity index is 2.17. The van der Waals surface area contributed by atoms with Crippen LogP contribution in [-0.2, 0) is 6.42 Å². The van der Waals surface area contributed by atoms with Gasteiger partial charge in [-0.05, 0) is 67.2 Å². The van der Waals surface area contributed by atoms with Crippen molar-refractivity contribution in [3.05, 3.63) is 34.6 Å². The third kappa shape index (κ3) is 0.985. The minimum atomic E-state index is 0.0417. The number of hydrogen-bond donors (Lipinski definition) is 0. The summed E-state index contributed by atoms with van der Waals surface area (Å²) in [5, 5.41) is 0. The summed E-state index contributed by atoms with van der Waals surface area (Å²) in [6.07, 6.45) is 4.90. The molecule has 1 saturated carbocycles. The van der Waals surface area contributed by atoms with Gasteiger partial charge in [-0.15, -0.1) is 0 Å². The van der Waals surface area contributed by atoms with E-state index in [-0.39, 0.29) is 5.82 Å². The lowest BCUT2D eigenvalue weighted by atomic mass is 9.62. The highest BCUT2D eigenvalue weighted by atomic mass is 19.1. The highest BCUT2D eigenvalue weighted by Gasteiger charge is 2.38. The van der Waals surface area contributed by atoms with E-state index in [1.54, 1.807) is 6.07 Å². The molecule has 1 aromatic rings. The predicted molar refractivity (Wildman–Crippen MR) is 54.9 cm³/mol. The molecule has 0 aliphatic heterocycles. The molecule has 0 amide bonds. The Morgan fingerprint density at radius 3 is 2.79 bits per heavy atom. The summed E-state index contributed by atoms with van der Waals surface area (Å²) < 4.78 is 13.7. The molecule has 0 bridgehead atoms. The molecule has 0 spiro atoms. The molecule has 1 heteroatoms. The van der Waals surface area contributed by atoms with Crippen LogP contribution in [0.15, 0.2) is 12.1 Å². The van der Waals surface area contributed by atoms with Crippen LogP contribution in [0.3, 0.4) is 0 Å². The van der Waals surface area contributed by atoms with E-state index in [0.717, 1.165) is 17.9 Å².